The number of hydrogen-bond donors (Lipinski definition) is 3. The SMILES string of the molecule is O=C(O)CCCCCCc1cc([C@@](Cc2ccccc2)(NC(=O)NCC(F)(F)F)c2cc(F)cc(C(F)(F)F)c2)ccc1F. The van der Waals surface area contributed by atoms with Crippen LogP contribution >= 0.6 is 0 Å². The van der Waals surface area contributed by atoms with Crippen LogP contribution in [0.2, 0.25) is 0 Å². The highest BCUT2D eigenvalue weighted by Crippen LogP contribution is 2.39. The minimum Gasteiger partial charge on any atom is -0.481 e. The van der Waals surface area contributed by atoms with Gasteiger partial charge in [-0.25, -0.2) is 13.6 Å². The van der Waals surface area contributed by atoms with Crippen molar-refractivity contribution in [2.75, 3.05) is 6.54 Å². The molecule has 0 saturated carbocycles. The molecular weight excluding hydrogens is 600 g/mol. The molecule has 0 unspecified atom stereocenters. The molecule has 3 N–H and O–H groups in total. The van der Waals surface area contributed by atoms with E-state index in [-0.39, 0.29) is 36.5 Å². The Balaban J connectivity index is 2.16. The van der Waals surface area contributed by atoms with Crippen molar-refractivity contribution < 1.29 is 49.8 Å². The largest absolute Gasteiger partial charge is 0.481 e. The Bertz CT molecular complexity index is 1430. The topological polar surface area (TPSA) is 78.4 Å². The number of rotatable bonds is 13. The van der Waals surface area contributed by atoms with Crippen molar-refractivity contribution >= 4 is 12.0 Å². The van der Waals surface area contributed by atoms with Crippen LogP contribution in [0.5, 0.6) is 0 Å². The number of unbranched alkanes of at least 4 members (excludes halogenated alkanes) is 3. The van der Waals surface area contributed by atoms with Crippen molar-refractivity contribution in [2.45, 2.75) is 62.8 Å². The van der Waals surface area contributed by atoms with Crippen LogP contribution in [0.25, 0.3) is 0 Å². The summed E-state index contributed by atoms with van der Waals surface area (Å²) in [7, 11) is 0. The van der Waals surface area contributed by atoms with Gasteiger partial charge < -0.3 is 15.7 Å². The molecule has 13 heteroatoms. The second kappa shape index (κ2) is 14.5. The normalized spacial score (nSPS) is 13.3. The Morgan fingerprint density at radius 3 is 2.05 bits per heavy atom. The standard InChI is InChI=1S/C31H30F8N2O3/c32-25-16-23(15-24(17-25)31(37,38)39)29(18-20-8-4-3-5-9-20,41-28(44)40-19-30(34,35)36)22-12-13-26(33)21(14-22)10-6-1-2-7-11-27(42)43/h3-5,8-9,12-17H,1-2,6-7,10-11,18-19H2,(H,42,43)(H2,40,41,44)/t29-/m1/s1. The predicted octanol–water partition coefficient (Wildman–Crippen LogP) is 7.91. The number of aryl methyl sites for hydroxylation is 1. The summed E-state index contributed by atoms with van der Waals surface area (Å²) in [5.41, 5.74) is -3.39. The molecule has 0 heterocycles. The van der Waals surface area contributed by atoms with Crippen molar-refractivity contribution in [2.24, 2.45) is 0 Å². The van der Waals surface area contributed by atoms with E-state index >= 15 is 0 Å². The summed E-state index contributed by atoms with van der Waals surface area (Å²) < 4.78 is 110. The van der Waals surface area contributed by atoms with Crippen molar-refractivity contribution in [3.8, 4) is 0 Å². The molecule has 0 saturated heterocycles. The van der Waals surface area contributed by atoms with E-state index in [1.165, 1.54) is 12.1 Å². The lowest BCUT2D eigenvalue weighted by Crippen LogP contribution is -2.53. The first kappa shape index (κ1) is 34.3. The van der Waals surface area contributed by atoms with Crippen LogP contribution in [-0.2, 0) is 29.4 Å². The first-order valence-corrected chi connectivity index (χ1v) is 13.6. The van der Waals surface area contributed by atoms with Crippen molar-refractivity contribution in [1.29, 1.82) is 0 Å². The fourth-order valence-electron chi connectivity index (χ4n) is 4.86. The molecule has 3 rings (SSSR count). The van der Waals surface area contributed by atoms with Crippen LogP contribution in [0, 0.1) is 11.6 Å². The third kappa shape index (κ3) is 9.95. The van der Waals surface area contributed by atoms with Gasteiger partial charge in [-0.2, -0.15) is 26.3 Å². The minimum absolute atomic E-state index is 0.00418. The van der Waals surface area contributed by atoms with Crippen LogP contribution in [0.15, 0.2) is 66.7 Å². The van der Waals surface area contributed by atoms with Gasteiger partial charge in [-0.1, -0.05) is 55.3 Å². The molecule has 0 aliphatic heterocycles. The van der Waals surface area contributed by atoms with Crippen LogP contribution in [-0.4, -0.2) is 29.8 Å². The van der Waals surface area contributed by atoms with E-state index in [4.69, 9.17) is 5.11 Å². The van der Waals surface area contributed by atoms with Crippen molar-refractivity contribution in [3.63, 3.8) is 0 Å². The summed E-state index contributed by atoms with van der Waals surface area (Å²) in [5, 5.41) is 12.8. The molecule has 0 spiro atoms. The summed E-state index contributed by atoms with van der Waals surface area (Å²) in [6.45, 7) is -1.76. The monoisotopic (exact) mass is 630 g/mol. The second-order valence-corrected chi connectivity index (χ2v) is 10.3. The number of amides is 2. The minimum atomic E-state index is -5.01. The highest BCUT2D eigenvalue weighted by Gasteiger charge is 2.41. The number of carboxylic acids is 1. The number of alkyl halides is 6. The molecule has 0 aliphatic carbocycles. The van der Waals surface area contributed by atoms with Gasteiger partial charge in [-0.15, -0.1) is 0 Å². The number of hydrogen-bond acceptors (Lipinski definition) is 2. The zero-order valence-corrected chi connectivity index (χ0v) is 23.3. The lowest BCUT2D eigenvalue weighted by atomic mass is 9.76. The fraction of sp³-hybridized carbons (Fsp3) is 0.355. The number of urea groups is 1. The number of aliphatic carboxylic acids is 1. The molecule has 0 bridgehead atoms. The van der Waals surface area contributed by atoms with E-state index in [1.54, 1.807) is 35.6 Å². The summed E-state index contributed by atoms with van der Waals surface area (Å²) >= 11 is 0. The van der Waals surface area contributed by atoms with Crippen LogP contribution in [0.4, 0.5) is 39.9 Å². The van der Waals surface area contributed by atoms with E-state index in [2.05, 4.69) is 5.32 Å². The number of nitrogens with one attached hydrogen (secondary N) is 2. The average Bonchev–Trinajstić information content (AvgIpc) is 2.93. The average molecular weight is 631 g/mol. The third-order valence-corrected chi connectivity index (χ3v) is 6.93. The van der Waals surface area contributed by atoms with Gasteiger partial charge in [0.1, 0.15) is 18.2 Å². The zero-order valence-electron chi connectivity index (χ0n) is 23.3. The van der Waals surface area contributed by atoms with Crippen LogP contribution < -0.4 is 10.6 Å². The Labute approximate surface area is 248 Å². The van der Waals surface area contributed by atoms with Crippen LogP contribution in [0.1, 0.15) is 59.9 Å². The van der Waals surface area contributed by atoms with E-state index in [0.29, 0.717) is 37.3 Å². The Kier molecular flexibility index (Phi) is 11.3. The molecule has 0 aliphatic rings. The lowest BCUT2D eigenvalue weighted by Gasteiger charge is -2.37. The van der Waals surface area contributed by atoms with E-state index < -0.39 is 59.2 Å². The maximum absolute atomic E-state index is 15.0. The maximum Gasteiger partial charge on any atom is 0.416 e. The summed E-state index contributed by atoms with van der Waals surface area (Å²) in [6, 6.07) is 11.6. The first-order chi connectivity index (χ1) is 20.6. The molecule has 0 aromatic heterocycles. The molecule has 1 atom stereocenters. The molecule has 3 aromatic carbocycles. The number of halogens is 8. The molecule has 0 fully saturated rings. The molecule has 2 amide bonds. The molecule has 238 valence electrons. The number of carboxylic acid groups (broad SMARTS) is 1. The Morgan fingerprint density at radius 2 is 1.41 bits per heavy atom. The number of carbonyl (C=O) groups is 2. The van der Waals surface area contributed by atoms with Gasteiger partial charge in [0, 0.05) is 12.8 Å². The van der Waals surface area contributed by atoms with Gasteiger partial charge in [0.2, 0.25) is 0 Å². The Morgan fingerprint density at radius 1 is 0.750 bits per heavy atom. The smallest absolute Gasteiger partial charge is 0.416 e. The molecule has 0 radical (unpaired) electrons. The van der Waals surface area contributed by atoms with Gasteiger partial charge in [0.05, 0.1) is 11.1 Å². The first-order valence-electron chi connectivity index (χ1n) is 13.6. The van der Waals surface area contributed by atoms with Gasteiger partial charge in [-0.05, 0) is 65.8 Å². The highest BCUT2D eigenvalue weighted by molar-refractivity contribution is 5.76. The van der Waals surface area contributed by atoms with Gasteiger partial charge in [0.15, 0.2) is 0 Å². The Hall–Kier alpha value is -4.16. The highest BCUT2D eigenvalue weighted by atomic mass is 19.4. The molecule has 5 nitrogen and oxygen atoms in total. The number of benzene rings is 3. The van der Waals surface area contributed by atoms with Gasteiger partial charge in [-0.3, -0.25) is 4.79 Å². The van der Waals surface area contributed by atoms with Crippen molar-refractivity contribution in [3.05, 3.63) is 106 Å². The van der Waals surface area contributed by atoms with Gasteiger partial charge >= 0.3 is 24.4 Å². The van der Waals surface area contributed by atoms with Crippen molar-refractivity contribution in [1.82, 2.24) is 10.6 Å². The maximum atomic E-state index is 15.0. The van der Waals surface area contributed by atoms with Gasteiger partial charge in [0.25, 0.3) is 0 Å². The fourth-order valence-corrected chi connectivity index (χ4v) is 4.86. The summed E-state index contributed by atoms with van der Waals surface area (Å²) in [5.74, 6) is -2.94. The zero-order chi connectivity index (χ0) is 32.5. The van der Waals surface area contributed by atoms with E-state index in [0.717, 1.165) is 12.1 Å². The van der Waals surface area contributed by atoms with E-state index in [1.807, 2.05) is 0 Å². The molecule has 44 heavy (non-hydrogen) atoms. The predicted molar refractivity (Wildman–Crippen MR) is 146 cm³/mol. The molecular formula is C31H30F8N2O3. The second-order valence-electron chi connectivity index (χ2n) is 10.3. The quantitative estimate of drug-likeness (QED) is 0.133. The van der Waals surface area contributed by atoms with E-state index in [9.17, 15) is 44.7 Å². The summed E-state index contributed by atoms with van der Waals surface area (Å²) in [6.07, 6.45) is -8.13. The van der Waals surface area contributed by atoms with Crippen LogP contribution in [0.3, 0.4) is 0 Å². The lowest BCUT2D eigenvalue weighted by molar-refractivity contribution is -0.138. The number of carbonyl (C=O) groups excluding carboxylic acids is 1. The summed E-state index contributed by atoms with van der Waals surface area (Å²) in [4.78, 5) is 23.6. The molecule has 3 aromatic rings. The third-order valence-electron chi connectivity index (χ3n) is 6.93.